The van der Waals surface area contributed by atoms with Crippen molar-refractivity contribution in [3.63, 3.8) is 0 Å². The molecule has 0 aliphatic carbocycles. The molecular weight excluding hydrogens is 324 g/mol. The van der Waals surface area contributed by atoms with E-state index in [0.717, 1.165) is 0 Å². The van der Waals surface area contributed by atoms with Gasteiger partial charge in [0, 0.05) is 13.5 Å². The van der Waals surface area contributed by atoms with Crippen molar-refractivity contribution in [2.45, 2.75) is 45.8 Å². The van der Waals surface area contributed by atoms with Crippen molar-refractivity contribution in [2.75, 3.05) is 12.0 Å². The number of nitrogen functional groups attached to an aromatic ring is 1. The van der Waals surface area contributed by atoms with Crippen LogP contribution in [0.1, 0.15) is 40.2 Å². The van der Waals surface area contributed by atoms with Gasteiger partial charge in [-0.2, -0.15) is 0 Å². The first-order valence-corrected chi connectivity index (χ1v) is 8.12. The highest BCUT2D eigenvalue weighted by molar-refractivity contribution is 6.56. The van der Waals surface area contributed by atoms with Crippen LogP contribution in [0, 0.1) is 5.82 Å². The van der Waals surface area contributed by atoms with Crippen LogP contribution >= 0.6 is 0 Å². The van der Waals surface area contributed by atoms with Gasteiger partial charge in [-0.05, 0) is 50.9 Å². The van der Waals surface area contributed by atoms with E-state index in [1.807, 2.05) is 27.7 Å². The Morgan fingerprint density at radius 1 is 1.28 bits per heavy atom. The van der Waals surface area contributed by atoms with E-state index in [9.17, 15) is 9.18 Å². The van der Waals surface area contributed by atoms with Crippen molar-refractivity contribution in [1.82, 2.24) is 5.32 Å². The lowest BCUT2D eigenvalue weighted by Crippen LogP contribution is -2.41. The zero-order chi connectivity index (χ0) is 18.8. The molecule has 1 saturated heterocycles. The van der Waals surface area contributed by atoms with Gasteiger partial charge >= 0.3 is 7.12 Å². The zero-order valence-electron chi connectivity index (χ0n) is 15.3. The highest BCUT2D eigenvalue weighted by Gasteiger charge is 2.52. The molecule has 1 aromatic rings. The van der Waals surface area contributed by atoms with Crippen LogP contribution in [-0.4, -0.2) is 30.8 Å². The summed E-state index contributed by atoms with van der Waals surface area (Å²) in [6.45, 7) is 9.47. The maximum Gasteiger partial charge on any atom is 0.492 e. The highest BCUT2D eigenvalue weighted by atomic mass is 19.1. The molecule has 0 bridgehead atoms. The van der Waals surface area contributed by atoms with E-state index in [1.54, 1.807) is 18.2 Å². The van der Waals surface area contributed by atoms with Crippen LogP contribution in [0.25, 0.3) is 6.08 Å². The zero-order valence-corrected chi connectivity index (χ0v) is 15.3. The summed E-state index contributed by atoms with van der Waals surface area (Å²) in [5, 5.41) is 2.74. The number of hydrogen-bond acceptors (Lipinski definition) is 5. The summed E-state index contributed by atoms with van der Waals surface area (Å²) in [5.41, 5.74) is 2.79. The van der Waals surface area contributed by atoms with Gasteiger partial charge in [-0.3, -0.25) is 10.6 Å². The van der Waals surface area contributed by atoms with Crippen molar-refractivity contribution in [1.29, 1.82) is 0 Å². The Labute approximate surface area is 148 Å². The molecule has 0 spiro atoms. The van der Waals surface area contributed by atoms with Gasteiger partial charge in [-0.15, -0.1) is 0 Å². The van der Waals surface area contributed by atoms with Gasteiger partial charge in [-0.1, -0.05) is 12.1 Å². The largest absolute Gasteiger partial charge is 0.492 e. The van der Waals surface area contributed by atoms with Crippen molar-refractivity contribution in [3.8, 4) is 0 Å². The van der Waals surface area contributed by atoms with E-state index in [0.29, 0.717) is 11.0 Å². The molecule has 0 saturated carbocycles. The number of amides is 1. The monoisotopic (exact) mass is 349 g/mol. The Morgan fingerprint density at radius 2 is 1.88 bits per heavy atom. The molecule has 0 aromatic heterocycles. The first-order valence-electron chi connectivity index (χ1n) is 8.12. The molecule has 1 aromatic carbocycles. The summed E-state index contributed by atoms with van der Waals surface area (Å²) in [4.78, 5) is 11.3. The molecule has 1 heterocycles. The molecule has 0 radical (unpaired) electrons. The predicted octanol–water partition coefficient (Wildman–Crippen LogP) is 2.26. The minimum absolute atomic E-state index is 0.170. The third-order valence-electron chi connectivity index (χ3n) is 4.60. The molecule has 2 rings (SSSR count). The van der Waals surface area contributed by atoms with E-state index in [-0.39, 0.29) is 18.1 Å². The SMILES string of the molecule is CC(=O)NCC(=Cc1ccc(NN)c(F)c1)B1OC(C)(C)C(C)(C)O1. The number of halogens is 1. The Hall–Kier alpha value is -1.90. The lowest BCUT2D eigenvalue weighted by atomic mass is 9.77. The van der Waals surface area contributed by atoms with Crippen molar-refractivity contribution in [3.05, 3.63) is 35.1 Å². The number of nitrogens with two attached hydrogens (primary N) is 1. The quantitative estimate of drug-likeness (QED) is 0.431. The van der Waals surface area contributed by atoms with Gasteiger partial charge in [-0.25, -0.2) is 4.39 Å². The van der Waals surface area contributed by atoms with E-state index in [1.165, 1.54) is 13.0 Å². The van der Waals surface area contributed by atoms with E-state index in [4.69, 9.17) is 15.2 Å². The Bertz CT molecular complexity index is 676. The van der Waals surface area contributed by atoms with Gasteiger partial charge in [0.1, 0.15) is 5.82 Å². The topological polar surface area (TPSA) is 85.6 Å². The fourth-order valence-electron chi connectivity index (χ4n) is 2.38. The molecule has 1 fully saturated rings. The van der Waals surface area contributed by atoms with Gasteiger partial charge in [0.15, 0.2) is 0 Å². The lowest BCUT2D eigenvalue weighted by molar-refractivity contribution is -0.118. The van der Waals surface area contributed by atoms with Crippen LogP contribution < -0.4 is 16.6 Å². The molecule has 1 aliphatic heterocycles. The minimum Gasteiger partial charge on any atom is -0.400 e. The molecule has 6 nitrogen and oxygen atoms in total. The van der Waals surface area contributed by atoms with Crippen molar-refractivity contribution < 1.29 is 18.5 Å². The van der Waals surface area contributed by atoms with Crippen LogP contribution in [0.2, 0.25) is 0 Å². The fourth-order valence-corrected chi connectivity index (χ4v) is 2.38. The molecule has 4 N–H and O–H groups in total. The Balaban J connectivity index is 2.33. The average molecular weight is 349 g/mol. The summed E-state index contributed by atoms with van der Waals surface area (Å²) < 4.78 is 26.0. The number of rotatable bonds is 5. The number of carbonyl (C=O) groups is 1. The highest BCUT2D eigenvalue weighted by Crippen LogP contribution is 2.38. The number of hydrazine groups is 1. The summed E-state index contributed by atoms with van der Waals surface area (Å²) in [7, 11) is -0.632. The molecule has 1 amide bonds. The normalized spacial score (nSPS) is 19.0. The first kappa shape index (κ1) is 19.4. The van der Waals surface area contributed by atoms with Crippen LogP contribution in [-0.2, 0) is 14.1 Å². The number of benzene rings is 1. The molecule has 25 heavy (non-hydrogen) atoms. The van der Waals surface area contributed by atoms with Crippen molar-refractivity contribution in [2.24, 2.45) is 5.84 Å². The van der Waals surface area contributed by atoms with E-state index >= 15 is 0 Å². The third-order valence-corrected chi connectivity index (χ3v) is 4.60. The summed E-state index contributed by atoms with van der Waals surface area (Å²) >= 11 is 0. The van der Waals surface area contributed by atoms with Gasteiger partial charge in [0.05, 0.1) is 16.9 Å². The number of anilines is 1. The number of hydrogen-bond donors (Lipinski definition) is 3. The van der Waals surface area contributed by atoms with Crippen LogP contribution in [0.4, 0.5) is 10.1 Å². The predicted molar refractivity (Wildman–Crippen MR) is 97.0 cm³/mol. The van der Waals surface area contributed by atoms with Gasteiger partial charge in [0.25, 0.3) is 0 Å². The summed E-state index contributed by atoms with van der Waals surface area (Å²) in [6.07, 6.45) is 1.75. The second-order valence-electron chi connectivity index (χ2n) is 7.10. The summed E-state index contributed by atoms with van der Waals surface area (Å²) in [6, 6.07) is 4.62. The van der Waals surface area contributed by atoms with Crippen LogP contribution in [0.5, 0.6) is 0 Å². The van der Waals surface area contributed by atoms with Crippen molar-refractivity contribution >= 4 is 24.8 Å². The maximum atomic E-state index is 13.9. The minimum atomic E-state index is -0.632. The molecule has 1 aliphatic rings. The maximum absolute atomic E-state index is 13.9. The number of carbonyl (C=O) groups excluding carboxylic acids is 1. The standard InChI is InChI=1S/C17H25BFN3O3/c1-11(23)21-10-13(18-24-16(2,3)17(4,5)25-18)8-12-6-7-15(22-20)14(19)9-12/h6-9,22H,10,20H2,1-5H3,(H,21,23). The number of nitrogens with one attached hydrogen (secondary N) is 2. The molecule has 0 atom stereocenters. The molecule has 0 unspecified atom stereocenters. The first-order chi connectivity index (χ1) is 11.6. The smallest absolute Gasteiger partial charge is 0.400 e. The molecule has 8 heteroatoms. The van der Waals surface area contributed by atoms with E-state index in [2.05, 4.69) is 10.7 Å². The van der Waals surface area contributed by atoms with E-state index < -0.39 is 24.1 Å². The summed E-state index contributed by atoms with van der Waals surface area (Å²) in [5.74, 6) is 4.61. The van der Waals surface area contributed by atoms with Crippen LogP contribution in [0.3, 0.4) is 0 Å². The third kappa shape index (κ3) is 4.39. The lowest BCUT2D eigenvalue weighted by Gasteiger charge is -2.32. The second-order valence-corrected chi connectivity index (χ2v) is 7.10. The second kappa shape index (κ2) is 7.15. The van der Waals surface area contributed by atoms with Crippen LogP contribution in [0.15, 0.2) is 23.7 Å². The van der Waals surface area contributed by atoms with Gasteiger partial charge < -0.3 is 20.1 Å². The molecular formula is C17H25BFN3O3. The molecule has 136 valence electrons. The average Bonchev–Trinajstić information content (AvgIpc) is 2.71. The van der Waals surface area contributed by atoms with Gasteiger partial charge in [0.2, 0.25) is 5.91 Å². The Kier molecular flexibility index (Phi) is 5.56. The Morgan fingerprint density at radius 3 is 2.36 bits per heavy atom. The fraction of sp³-hybridized carbons (Fsp3) is 0.471.